The van der Waals surface area contributed by atoms with Gasteiger partial charge in [0, 0.05) is 57.5 Å². The molecule has 2 saturated carbocycles. The van der Waals surface area contributed by atoms with Crippen LogP contribution in [0.5, 0.6) is 0 Å². The van der Waals surface area contributed by atoms with Gasteiger partial charge < -0.3 is 31.9 Å². The molecule has 5 aliphatic carbocycles. The Hall–Kier alpha value is -3.86. The molecule has 8 N–H and O–H groups in total. The molecule has 310 valence electrons. The van der Waals surface area contributed by atoms with Crippen LogP contribution in [0.15, 0.2) is 76.3 Å². The highest BCUT2D eigenvalue weighted by Crippen LogP contribution is 2.77. The van der Waals surface area contributed by atoms with Gasteiger partial charge in [0.05, 0.1) is 24.4 Å². The van der Waals surface area contributed by atoms with Crippen LogP contribution >= 0.6 is 0 Å². The van der Waals surface area contributed by atoms with Gasteiger partial charge in [-0.15, -0.1) is 0 Å². The molecule has 10 heteroatoms. The van der Waals surface area contributed by atoms with Crippen LogP contribution in [0.4, 0.5) is 0 Å². The van der Waals surface area contributed by atoms with Gasteiger partial charge >= 0.3 is 5.97 Å². The Morgan fingerprint density at radius 3 is 2.33 bits per heavy atom. The number of nitrogens with two attached hydrogens (primary N) is 2. The lowest BCUT2D eigenvalue weighted by Crippen LogP contribution is -2.64. The fourth-order valence-corrected chi connectivity index (χ4v) is 12.9. The van der Waals surface area contributed by atoms with Crippen LogP contribution < -0.4 is 11.5 Å². The summed E-state index contributed by atoms with van der Waals surface area (Å²) >= 11 is 0. The van der Waals surface area contributed by atoms with E-state index in [-0.39, 0.29) is 41.9 Å². The van der Waals surface area contributed by atoms with E-state index >= 15 is 4.79 Å². The highest BCUT2D eigenvalue weighted by atomic mass is 16.4. The van der Waals surface area contributed by atoms with E-state index in [1.807, 2.05) is 89.3 Å². The fraction of sp³-hybridized carbons (Fsp3) is 0.617. The van der Waals surface area contributed by atoms with Gasteiger partial charge in [-0.25, -0.2) is 9.79 Å². The number of Topliss-reactive ketones (excluding diaryl/α,β-unsaturated/α-hetero) is 2. The summed E-state index contributed by atoms with van der Waals surface area (Å²) in [7, 11) is 0. The van der Waals surface area contributed by atoms with Gasteiger partial charge in [0.2, 0.25) is 0 Å². The Morgan fingerprint density at radius 2 is 1.72 bits per heavy atom. The maximum absolute atomic E-state index is 15.2. The van der Waals surface area contributed by atoms with E-state index in [0.29, 0.717) is 42.7 Å². The number of hydrogen-bond donors (Lipinski definition) is 6. The number of rotatable bonds is 10. The molecule has 0 aromatic heterocycles. The molecule has 12 atom stereocenters. The minimum atomic E-state index is -1.27. The number of aliphatic carboxylic acids is 1. The van der Waals surface area contributed by atoms with Gasteiger partial charge in [-0.1, -0.05) is 116 Å². The third-order valence-electron chi connectivity index (χ3n) is 15.9. The first-order chi connectivity index (χ1) is 26.6. The lowest BCUT2D eigenvalue weighted by Gasteiger charge is -2.65. The highest BCUT2D eigenvalue weighted by molar-refractivity contribution is 6.01. The SMILES string of the molecule is CC(C)CCCC(=C[C@@H](O)[C@@H]1[C@@H](N=C(N)N)C=C[C@]2(C[C@H](O)[C@]3(C)C4=C(C(=O)C[C@]23C)[C@@]2(C)CCC(=O)C(C)(C)[C@@H]2[C@H](C=Cc2ccccc2)[C@H]4O)[C@H]1C)C(=O)O. The molecule has 1 aromatic carbocycles. The van der Waals surface area contributed by atoms with E-state index in [4.69, 9.17) is 11.5 Å². The van der Waals surface area contributed by atoms with Crippen molar-refractivity contribution in [3.63, 3.8) is 0 Å². The van der Waals surface area contributed by atoms with Crippen molar-refractivity contribution >= 4 is 29.6 Å². The predicted octanol–water partition coefficient (Wildman–Crippen LogP) is 6.40. The minimum Gasteiger partial charge on any atom is -0.478 e. The van der Waals surface area contributed by atoms with Crippen LogP contribution in [0.1, 0.15) is 106 Å². The lowest BCUT2D eigenvalue weighted by atomic mass is 9.38. The number of carboxylic acid groups (broad SMARTS) is 1. The van der Waals surface area contributed by atoms with Crippen molar-refractivity contribution in [2.24, 2.45) is 73.1 Å². The summed E-state index contributed by atoms with van der Waals surface area (Å²) in [6.07, 6.45) is 8.68. The topological polar surface area (TPSA) is 197 Å². The minimum absolute atomic E-state index is 0.0726. The Balaban J connectivity index is 1.51. The van der Waals surface area contributed by atoms with Crippen molar-refractivity contribution in [1.29, 1.82) is 0 Å². The molecule has 5 aliphatic rings. The number of fused-ring (bicyclic) bond motifs is 5. The molecule has 10 nitrogen and oxygen atoms in total. The molecule has 1 aromatic rings. The maximum atomic E-state index is 15.2. The third kappa shape index (κ3) is 6.58. The quantitative estimate of drug-likeness (QED) is 0.0674. The van der Waals surface area contributed by atoms with Crippen molar-refractivity contribution in [2.45, 2.75) is 125 Å². The summed E-state index contributed by atoms with van der Waals surface area (Å²) in [6, 6.07) is 9.10. The fourth-order valence-electron chi connectivity index (χ4n) is 12.9. The van der Waals surface area contributed by atoms with Crippen LogP contribution in [-0.4, -0.2) is 68.3 Å². The molecule has 0 unspecified atom stereocenters. The summed E-state index contributed by atoms with van der Waals surface area (Å²) in [6.45, 7) is 16.1. The van der Waals surface area contributed by atoms with Gasteiger partial charge in [0.15, 0.2) is 11.7 Å². The van der Waals surface area contributed by atoms with Crippen molar-refractivity contribution in [1.82, 2.24) is 0 Å². The number of guanidine groups is 1. The zero-order valence-corrected chi connectivity index (χ0v) is 35.0. The summed E-state index contributed by atoms with van der Waals surface area (Å²) in [5, 5.41) is 47.8. The Labute approximate surface area is 338 Å². The monoisotopic (exact) mass is 783 g/mol. The van der Waals surface area contributed by atoms with Gasteiger partial charge in [-0.2, -0.15) is 0 Å². The predicted molar refractivity (Wildman–Crippen MR) is 222 cm³/mol. The molecular weight excluding hydrogens is 719 g/mol. The summed E-state index contributed by atoms with van der Waals surface area (Å²) in [4.78, 5) is 45.8. The van der Waals surface area contributed by atoms with Crippen molar-refractivity contribution in [2.75, 3.05) is 0 Å². The average molecular weight is 784 g/mol. The van der Waals surface area contributed by atoms with Crippen LogP contribution in [0.3, 0.4) is 0 Å². The summed E-state index contributed by atoms with van der Waals surface area (Å²) in [5.41, 5.74) is 9.45. The number of carbonyl (C=O) groups is 3. The van der Waals surface area contributed by atoms with E-state index in [2.05, 4.69) is 25.8 Å². The zero-order chi connectivity index (χ0) is 42.0. The van der Waals surface area contributed by atoms with Crippen LogP contribution in [0.2, 0.25) is 0 Å². The van der Waals surface area contributed by atoms with Gasteiger partial charge in [-0.05, 0) is 66.1 Å². The molecule has 0 bridgehead atoms. The second kappa shape index (κ2) is 15.1. The highest BCUT2D eigenvalue weighted by Gasteiger charge is 2.76. The first-order valence-electron chi connectivity index (χ1n) is 20.9. The Bertz CT molecular complexity index is 1930. The Morgan fingerprint density at radius 1 is 1.05 bits per heavy atom. The van der Waals surface area contributed by atoms with Crippen molar-refractivity contribution in [3.8, 4) is 0 Å². The van der Waals surface area contributed by atoms with Gasteiger partial charge in [-0.3, -0.25) is 9.59 Å². The largest absolute Gasteiger partial charge is 0.478 e. The van der Waals surface area contributed by atoms with Gasteiger partial charge in [0.1, 0.15) is 5.78 Å². The number of aliphatic hydroxyl groups is 3. The molecule has 0 saturated heterocycles. The van der Waals surface area contributed by atoms with E-state index in [0.717, 1.165) is 12.0 Å². The van der Waals surface area contributed by atoms with Crippen LogP contribution in [-0.2, 0) is 14.4 Å². The number of hydrogen-bond acceptors (Lipinski definition) is 7. The van der Waals surface area contributed by atoms with Gasteiger partial charge in [0.25, 0.3) is 0 Å². The van der Waals surface area contributed by atoms with E-state index in [1.54, 1.807) is 0 Å². The third-order valence-corrected chi connectivity index (χ3v) is 15.9. The number of carbonyl (C=O) groups excluding carboxylic acids is 2. The molecule has 0 aliphatic heterocycles. The first kappa shape index (κ1) is 42.7. The Kier molecular flexibility index (Phi) is 11.3. The summed E-state index contributed by atoms with van der Waals surface area (Å²) < 4.78 is 0. The van der Waals surface area contributed by atoms with E-state index in [9.17, 15) is 30.0 Å². The number of ketones is 2. The number of carboxylic acids is 1. The lowest BCUT2D eigenvalue weighted by molar-refractivity contribution is -0.152. The molecule has 2 fully saturated rings. The zero-order valence-electron chi connectivity index (χ0n) is 35.0. The average Bonchev–Trinajstić information content (AvgIpc) is 3.29. The number of nitrogens with zero attached hydrogens (tertiary/aromatic N) is 1. The molecule has 0 heterocycles. The molecule has 1 spiro atoms. The normalized spacial score (nSPS) is 39.3. The molecular formula is C47H65N3O7. The first-order valence-corrected chi connectivity index (χ1v) is 20.9. The number of allylic oxidation sites excluding steroid dienone is 2. The number of benzene rings is 1. The number of aliphatic imine (C=N–C) groups is 1. The summed E-state index contributed by atoms with van der Waals surface area (Å²) in [5.74, 6) is -2.96. The smallest absolute Gasteiger partial charge is 0.331 e. The van der Waals surface area contributed by atoms with Crippen LogP contribution in [0.25, 0.3) is 6.08 Å². The van der Waals surface area contributed by atoms with E-state index in [1.165, 1.54) is 6.08 Å². The maximum Gasteiger partial charge on any atom is 0.331 e. The van der Waals surface area contributed by atoms with Crippen molar-refractivity contribution in [3.05, 3.63) is 76.9 Å². The molecule has 0 radical (unpaired) electrons. The molecule has 57 heavy (non-hydrogen) atoms. The molecule has 6 rings (SSSR count). The van der Waals surface area contributed by atoms with Crippen molar-refractivity contribution < 1.29 is 34.8 Å². The second-order valence-electron chi connectivity index (χ2n) is 19.6. The van der Waals surface area contributed by atoms with Crippen LogP contribution in [0, 0.1) is 56.7 Å². The molecule has 0 amide bonds. The standard InChI is InChI=1S/C47H65N3O7/c1-26(2)13-12-16-29(41(56)57)23-32(51)36-27(3)47(22-19-31(36)50-42(48)49)25-35(54)46(8)38-37(33(52)24-45(46,47)7)44(6)21-20-34(53)43(4,5)40(44)30(39(38)55)18-17-28-14-10-9-11-15-28/h9-11,14-15,17-19,22-23,26-27,30-32,35-36,39-40,51,54-55H,12-13,16,20-21,24-25H2,1-8H3,(H,56,57)(H4,48,49,50)/t27-,30+,31-,32+,35-,36-,39+,40-,44+,45-,46+,47-/m0/s1. The second-order valence-corrected chi connectivity index (χ2v) is 19.6. The number of aliphatic hydroxyl groups excluding tert-OH is 3. The van der Waals surface area contributed by atoms with E-state index < -0.39 is 75.2 Å².